The van der Waals surface area contributed by atoms with Crippen LogP contribution in [0.5, 0.6) is 0 Å². The van der Waals surface area contributed by atoms with E-state index in [2.05, 4.69) is 47.8 Å². The third-order valence-electron chi connectivity index (χ3n) is 2.49. The van der Waals surface area contributed by atoms with Gasteiger partial charge >= 0.3 is 0 Å². The van der Waals surface area contributed by atoms with E-state index < -0.39 is 0 Å². The van der Waals surface area contributed by atoms with E-state index in [-0.39, 0.29) is 5.41 Å². The number of rotatable bonds is 0. The van der Waals surface area contributed by atoms with Crippen LogP contribution in [0.4, 0.5) is 0 Å². The SMILES string of the molecule is CC(C)(C)c1cc(Br)c2cc(Cl)ccc2n1. The maximum absolute atomic E-state index is 5.97. The molecule has 0 spiro atoms. The standard InChI is InChI=1S/C13H13BrClN/c1-13(2,3)12-7-10(14)9-6-8(15)4-5-11(9)16-12/h4-7H,1-3H3. The molecule has 0 fully saturated rings. The van der Waals surface area contributed by atoms with Gasteiger partial charge in [0.2, 0.25) is 0 Å². The molecule has 0 saturated carbocycles. The molecular weight excluding hydrogens is 286 g/mol. The van der Waals surface area contributed by atoms with E-state index >= 15 is 0 Å². The van der Waals surface area contributed by atoms with Crippen molar-refractivity contribution in [2.75, 3.05) is 0 Å². The molecule has 1 aromatic heterocycles. The normalized spacial score (nSPS) is 12.1. The molecule has 0 aliphatic heterocycles. The molecule has 0 unspecified atom stereocenters. The summed E-state index contributed by atoms with van der Waals surface area (Å²) in [6, 6.07) is 7.83. The number of benzene rings is 1. The van der Waals surface area contributed by atoms with E-state index in [1.807, 2.05) is 18.2 Å². The Morgan fingerprint density at radius 3 is 2.50 bits per heavy atom. The lowest BCUT2D eigenvalue weighted by molar-refractivity contribution is 0.571. The van der Waals surface area contributed by atoms with Gasteiger partial charge in [-0.2, -0.15) is 0 Å². The van der Waals surface area contributed by atoms with E-state index in [0.29, 0.717) is 0 Å². The molecular formula is C13H13BrClN. The average molecular weight is 299 g/mol. The van der Waals surface area contributed by atoms with Crippen LogP contribution < -0.4 is 0 Å². The maximum Gasteiger partial charge on any atom is 0.0717 e. The largest absolute Gasteiger partial charge is 0.252 e. The Bertz CT molecular complexity index is 543. The van der Waals surface area contributed by atoms with Crippen LogP contribution >= 0.6 is 27.5 Å². The second-order valence-electron chi connectivity index (χ2n) is 4.90. The summed E-state index contributed by atoms with van der Waals surface area (Å²) in [5.74, 6) is 0. The van der Waals surface area contributed by atoms with E-state index in [1.54, 1.807) is 0 Å². The fraction of sp³-hybridized carbons (Fsp3) is 0.308. The topological polar surface area (TPSA) is 12.9 Å². The Hall–Kier alpha value is -0.600. The summed E-state index contributed by atoms with van der Waals surface area (Å²) in [6.07, 6.45) is 0. The van der Waals surface area contributed by atoms with Crippen molar-refractivity contribution in [3.63, 3.8) is 0 Å². The smallest absolute Gasteiger partial charge is 0.0717 e. The molecule has 1 heterocycles. The quantitative estimate of drug-likeness (QED) is 0.670. The van der Waals surface area contributed by atoms with E-state index in [0.717, 1.165) is 26.1 Å². The lowest BCUT2D eigenvalue weighted by Gasteiger charge is -2.18. The first kappa shape index (κ1) is 11.9. The Balaban J connectivity index is 2.74. The van der Waals surface area contributed by atoms with Gasteiger partial charge in [-0.1, -0.05) is 48.3 Å². The summed E-state index contributed by atoms with van der Waals surface area (Å²) >= 11 is 9.55. The number of hydrogen-bond acceptors (Lipinski definition) is 1. The molecule has 16 heavy (non-hydrogen) atoms. The van der Waals surface area contributed by atoms with Crippen LogP contribution in [-0.4, -0.2) is 4.98 Å². The van der Waals surface area contributed by atoms with Crippen molar-refractivity contribution >= 4 is 38.4 Å². The minimum absolute atomic E-state index is 0.0519. The summed E-state index contributed by atoms with van der Waals surface area (Å²) in [5.41, 5.74) is 2.11. The van der Waals surface area contributed by atoms with Crippen molar-refractivity contribution in [3.8, 4) is 0 Å². The van der Waals surface area contributed by atoms with Crippen LogP contribution in [0.2, 0.25) is 5.02 Å². The number of nitrogens with zero attached hydrogens (tertiary/aromatic N) is 1. The number of fused-ring (bicyclic) bond motifs is 1. The number of halogens is 2. The first-order valence-corrected chi connectivity index (χ1v) is 6.31. The monoisotopic (exact) mass is 297 g/mol. The predicted octanol–water partition coefficient (Wildman–Crippen LogP) is 4.95. The van der Waals surface area contributed by atoms with Crippen molar-refractivity contribution in [2.24, 2.45) is 0 Å². The summed E-state index contributed by atoms with van der Waals surface area (Å²) < 4.78 is 1.05. The molecule has 0 bridgehead atoms. The molecule has 0 aliphatic carbocycles. The molecule has 0 radical (unpaired) electrons. The molecule has 0 atom stereocenters. The van der Waals surface area contributed by atoms with Gasteiger partial charge in [0, 0.05) is 26.0 Å². The summed E-state index contributed by atoms with van der Waals surface area (Å²) in [5, 5.41) is 1.79. The Morgan fingerprint density at radius 1 is 1.19 bits per heavy atom. The average Bonchev–Trinajstić information content (AvgIpc) is 2.17. The molecule has 0 aliphatic rings. The maximum atomic E-state index is 5.97. The number of aromatic nitrogens is 1. The van der Waals surface area contributed by atoms with Crippen molar-refractivity contribution in [2.45, 2.75) is 26.2 Å². The number of hydrogen-bond donors (Lipinski definition) is 0. The molecule has 0 amide bonds. The van der Waals surface area contributed by atoms with Crippen LogP contribution in [-0.2, 0) is 5.41 Å². The van der Waals surface area contributed by atoms with Gasteiger partial charge < -0.3 is 0 Å². The van der Waals surface area contributed by atoms with Crippen molar-refractivity contribution in [1.29, 1.82) is 0 Å². The van der Waals surface area contributed by atoms with Gasteiger partial charge in [0.05, 0.1) is 5.52 Å². The minimum Gasteiger partial charge on any atom is -0.252 e. The fourth-order valence-electron chi connectivity index (χ4n) is 1.54. The zero-order valence-electron chi connectivity index (χ0n) is 9.51. The highest BCUT2D eigenvalue weighted by Crippen LogP contribution is 2.30. The highest BCUT2D eigenvalue weighted by molar-refractivity contribution is 9.10. The van der Waals surface area contributed by atoms with Crippen LogP contribution in [0.15, 0.2) is 28.7 Å². The van der Waals surface area contributed by atoms with Gasteiger partial charge in [0.25, 0.3) is 0 Å². The predicted molar refractivity (Wildman–Crippen MR) is 73.2 cm³/mol. The Kier molecular flexibility index (Phi) is 2.97. The lowest BCUT2D eigenvalue weighted by Crippen LogP contribution is -2.13. The zero-order chi connectivity index (χ0) is 11.9. The minimum atomic E-state index is 0.0519. The zero-order valence-corrected chi connectivity index (χ0v) is 11.9. The lowest BCUT2D eigenvalue weighted by atomic mass is 9.91. The van der Waals surface area contributed by atoms with Gasteiger partial charge in [-0.25, -0.2) is 0 Å². The molecule has 1 aromatic carbocycles. The van der Waals surface area contributed by atoms with Crippen LogP contribution in [0.25, 0.3) is 10.9 Å². The molecule has 0 N–H and O–H groups in total. The molecule has 2 aromatic rings. The Morgan fingerprint density at radius 2 is 1.88 bits per heavy atom. The second kappa shape index (κ2) is 4.01. The van der Waals surface area contributed by atoms with Crippen molar-refractivity contribution in [3.05, 3.63) is 39.5 Å². The molecule has 0 saturated heterocycles. The van der Waals surface area contributed by atoms with Crippen molar-refractivity contribution in [1.82, 2.24) is 4.98 Å². The number of pyridine rings is 1. The highest BCUT2D eigenvalue weighted by Gasteiger charge is 2.17. The third-order valence-corrected chi connectivity index (χ3v) is 3.38. The van der Waals surface area contributed by atoms with E-state index in [4.69, 9.17) is 11.6 Å². The van der Waals surface area contributed by atoms with Gasteiger partial charge in [0.1, 0.15) is 0 Å². The Labute approximate surface area is 109 Å². The molecule has 1 nitrogen and oxygen atoms in total. The van der Waals surface area contributed by atoms with E-state index in [9.17, 15) is 0 Å². The van der Waals surface area contributed by atoms with Gasteiger partial charge in [-0.15, -0.1) is 0 Å². The van der Waals surface area contributed by atoms with Gasteiger partial charge in [0.15, 0.2) is 0 Å². The van der Waals surface area contributed by atoms with Crippen LogP contribution in [0.1, 0.15) is 26.5 Å². The fourth-order valence-corrected chi connectivity index (χ4v) is 2.25. The summed E-state index contributed by atoms with van der Waals surface area (Å²) in [6.45, 7) is 6.47. The second-order valence-corrected chi connectivity index (χ2v) is 6.19. The molecule has 3 heteroatoms. The molecule has 2 rings (SSSR count). The van der Waals surface area contributed by atoms with Crippen LogP contribution in [0.3, 0.4) is 0 Å². The first-order chi connectivity index (χ1) is 7.38. The van der Waals surface area contributed by atoms with Gasteiger partial charge in [-0.05, 0) is 24.3 Å². The summed E-state index contributed by atoms with van der Waals surface area (Å²) in [4.78, 5) is 4.66. The molecule has 84 valence electrons. The first-order valence-electron chi connectivity index (χ1n) is 5.14. The van der Waals surface area contributed by atoms with Crippen molar-refractivity contribution < 1.29 is 0 Å². The third kappa shape index (κ3) is 2.23. The van der Waals surface area contributed by atoms with Gasteiger partial charge in [-0.3, -0.25) is 4.98 Å². The van der Waals surface area contributed by atoms with E-state index in [1.165, 1.54) is 0 Å². The van der Waals surface area contributed by atoms with Crippen LogP contribution in [0, 0.1) is 0 Å². The highest BCUT2D eigenvalue weighted by atomic mass is 79.9. The summed E-state index contributed by atoms with van der Waals surface area (Å²) in [7, 11) is 0.